The van der Waals surface area contributed by atoms with Gasteiger partial charge in [-0.1, -0.05) is 19.1 Å². The van der Waals surface area contributed by atoms with Crippen LogP contribution in [0.25, 0.3) is 0 Å². The van der Waals surface area contributed by atoms with E-state index in [1.165, 1.54) is 30.4 Å². The summed E-state index contributed by atoms with van der Waals surface area (Å²) in [6.07, 6.45) is 2.44. The van der Waals surface area contributed by atoms with Gasteiger partial charge >= 0.3 is 0 Å². The van der Waals surface area contributed by atoms with Crippen molar-refractivity contribution in [1.29, 1.82) is 0 Å². The van der Waals surface area contributed by atoms with Crippen molar-refractivity contribution in [2.75, 3.05) is 34.8 Å². The average molecular weight is 380 g/mol. The van der Waals surface area contributed by atoms with Gasteiger partial charge in [0, 0.05) is 37.1 Å². The molecule has 28 heavy (non-hydrogen) atoms. The normalized spacial score (nSPS) is 14.6. The van der Waals surface area contributed by atoms with Crippen molar-refractivity contribution in [3.8, 4) is 0 Å². The molecular weight excluding hydrogens is 350 g/mol. The first kappa shape index (κ1) is 19.9. The van der Waals surface area contributed by atoms with E-state index in [0.29, 0.717) is 0 Å². The van der Waals surface area contributed by atoms with Crippen LogP contribution in [-0.2, 0) is 9.59 Å². The fourth-order valence-electron chi connectivity index (χ4n) is 3.55. The number of aryl methyl sites for hydroxylation is 1. The highest BCUT2D eigenvalue weighted by molar-refractivity contribution is 6.01. The van der Waals surface area contributed by atoms with Crippen LogP contribution in [0.15, 0.2) is 48.5 Å². The second-order valence-electron chi connectivity index (χ2n) is 7.71. The van der Waals surface area contributed by atoms with Gasteiger partial charge in [-0.3, -0.25) is 9.59 Å². The van der Waals surface area contributed by atoms with Crippen molar-refractivity contribution >= 4 is 28.9 Å². The Bertz CT molecular complexity index is 824. The summed E-state index contributed by atoms with van der Waals surface area (Å²) in [5.41, 5.74) is 3.71. The lowest BCUT2D eigenvalue weighted by atomic mass is 9.99. The van der Waals surface area contributed by atoms with E-state index in [9.17, 15) is 9.59 Å². The van der Waals surface area contributed by atoms with Gasteiger partial charge in [-0.25, -0.2) is 0 Å². The van der Waals surface area contributed by atoms with E-state index < -0.39 is 0 Å². The molecule has 0 atom stereocenters. The number of carbonyl (C=O) groups excluding carboxylic acids is 2. The maximum atomic E-state index is 12.5. The van der Waals surface area contributed by atoms with Crippen molar-refractivity contribution in [2.45, 2.75) is 33.6 Å². The van der Waals surface area contributed by atoms with Crippen molar-refractivity contribution in [3.05, 3.63) is 54.1 Å². The molecule has 0 unspecified atom stereocenters. The maximum absolute atomic E-state index is 12.5. The van der Waals surface area contributed by atoms with Gasteiger partial charge in [0.2, 0.25) is 11.8 Å². The van der Waals surface area contributed by atoms with Gasteiger partial charge in [0.1, 0.15) is 6.54 Å². The van der Waals surface area contributed by atoms with Crippen LogP contribution in [0.5, 0.6) is 0 Å². The number of amides is 2. The Labute approximate surface area is 167 Å². The van der Waals surface area contributed by atoms with Crippen molar-refractivity contribution < 1.29 is 9.59 Å². The molecule has 1 fully saturated rings. The standard InChI is InChI=1S/C23H29N3O2/c1-17-11-13-25(14-12-17)21-9-7-20(8-10-21)24-23(28)16-26(19(3)27)22-6-4-5-18(2)15-22/h4-10,15,17H,11-14,16H2,1-3H3,(H,24,28). The predicted molar refractivity (Wildman–Crippen MR) is 115 cm³/mol. The topological polar surface area (TPSA) is 52.7 Å². The van der Waals surface area contributed by atoms with Crippen LogP contribution in [-0.4, -0.2) is 31.4 Å². The summed E-state index contributed by atoms with van der Waals surface area (Å²) in [6, 6.07) is 15.6. The number of benzene rings is 2. The quantitative estimate of drug-likeness (QED) is 0.846. The second-order valence-corrected chi connectivity index (χ2v) is 7.71. The number of nitrogens with zero attached hydrogens (tertiary/aromatic N) is 2. The number of nitrogens with one attached hydrogen (secondary N) is 1. The highest BCUT2D eigenvalue weighted by Gasteiger charge is 2.17. The molecule has 5 heteroatoms. The van der Waals surface area contributed by atoms with E-state index in [-0.39, 0.29) is 18.4 Å². The molecule has 3 rings (SSSR count). The largest absolute Gasteiger partial charge is 0.372 e. The van der Waals surface area contributed by atoms with Crippen molar-refractivity contribution in [3.63, 3.8) is 0 Å². The summed E-state index contributed by atoms with van der Waals surface area (Å²) in [5.74, 6) is 0.430. The smallest absolute Gasteiger partial charge is 0.244 e. The third kappa shape index (κ3) is 5.12. The maximum Gasteiger partial charge on any atom is 0.244 e. The molecule has 1 aliphatic heterocycles. The molecule has 2 aromatic carbocycles. The Kier molecular flexibility index (Phi) is 6.34. The molecule has 1 heterocycles. The van der Waals surface area contributed by atoms with Crippen LogP contribution in [0.4, 0.5) is 17.1 Å². The number of hydrogen-bond acceptors (Lipinski definition) is 3. The van der Waals surface area contributed by atoms with Gasteiger partial charge in [0.15, 0.2) is 0 Å². The lowest BCUT2D eigenvalue weighted by molar-refractivity contribution is -0.120. The minimum Gasteiger partial charge on any atom is -0.372 e. The summed E-state index contributed by atoms with van der Waals surface area (Å²) >= 11 is 0. The first-order valence-corrected chi connectivity index (χ1v) is 9.92. The Morgan fingerprint density at radius 3 is 2.39 bits per heavy atom. The van der Waals surface area contributed by atoms with Gasteiger partial charge in [0.25, 0.3) is 0 Å². The van der Waals surface area contributed by atoms with E-state index >= 15 is 0 Å². The lowest BCUT2D eigenvalue weighted by Crippen LogP contribution is -2.36. The monoisotopic (exact) mass is 379 g/mol. The van der Waals surface area contributed by atoms with Crippen LogP contribution in [0.1, 0.15) is 32.3 Å². The Balaban J connectivity index is 1.61. The molecule has 1 N–H and O–H groups in total. The van der Waals surface area contributed by atoms with Crippen LogP contribution in [0.3, 0.4) is 0 Å². The van der Waals surface area contributed by atoms with E-state index in [0.717, 1.165) is 35.9 Å². The fourth-order valence-corrected chi connectivity index (χ4v) is 3.55. The molecule has 2 amide bonds. The molecule has 1 saturated heterocycles. The number of hydrogen-bond donors (Lipinski definition) is 1. The molecule has 0 radical (unpaired) electrons. The van der Waals surface area contributed by atoms with Gasteiger partial charge in [-0.05, 0) is 67.6 Å². The Morgan fingerprint density at radius 1 is 1.11 bits per heavy atom. The third-order valence-corrected chi connectivity index (χ3v) is 5.30. The van der Waals surface area contributed by atoms with Gasteiger partial charge in [-0.15, -0.1) is 0 Å². The molecule has 0 spiro atoms. The zero-order valence-corrected chi connectivity index (χ0v) is 16.9. The first-order chi connectivity index (χ1) is 13.4. The van der Waals surface area contributed by atoms with E-state index in [2.05, 4.69) is 29.3 Å². The molecular formula is C23H29N3O2. The van der Waals surface area contributed by atoms with Crippen LogP contribution < -0.4 is 15.1 Å². The summed E-state index contributed by atoms with van der Waals surface area (Å²) < 4.78 is 0. The fraction of sp³-hybridized carbons (Fsp3) is 0.391. The summed E-state index contributed by atoms with van der Waals surface area (Å²) in [5, 5.41) is 2.90. The Morgan fingerprint density at radius 2 is 1.79 bits per heavy atom. The van der Waals surface area contributed by atoms with Gasteiger partial charge in [-0.2, -0.15) is 0 Å². The van der Waals surface area contributed by atoms with Crippen LogP contribution in [0, 0.1) is 12.8 Å². The zero-order valence-electron chi connectivity index (χ0n) is 16.9. The average Bonchev–Trinajstić information content (AvgIpc) is 2.67. The molecule has 2 aromatic rings. The molecule has 0 aliphatic carbocycles. The van der Waals surface area contributed by atoms with E-state index in [1.54, 1.807) is 0 Å². The third-order valence-electron chi connectivity index (χ3n) is 5.30. The van der Waals surface area contributed by atoms with Gasteiger partial charge in [0.05, 0.1) is 0 Å². The molecule has 148 valence electrons. The van der Waals surface area contributed by atoms with Crippen LogP contribution >= 0.6 is 0 Å². The predicted octanol–water partition coefficient (Wildman–Crippen LogP) is 4.22. The summed E-state index contributed by atoms with van der Waals surface area (Å²) in [6.45, 7) is 7.89. The molecule has 0 bridgehead atoms. The molecule has 5 nitrogen and oxygen atoms in total. The zero-order chi connectivity index (χ0) is 20.1. The molecule has 0 aromatic heterocycles. The second kappa shape index (κ2) is 8.91. The highest BCUT2D eigenvalue weighted by Crippen LogP contribution is 2.24. The summed E-state index contributed by atoms with van der Waals surface area (Å²) in [7, 11) is 0. The van der Waals surface area contributed by atoms with Crippen molar-refractivity contribution in [1.82, 2.24) is 0 Å². The number of carbonyl (C=O) groups is 2. The minimum absolute atomic E-state index is 0.00937. The molecule has 1 aliphatic rings. The molecule has 0 saturated carbocycles. The first-order valence-electron chi connectivity index (χ1n) is 9.92. The van der Waals surface area contributed by atoms with Gasteiger partial charge < -0.3 is 15.1 Å². The lowest BCUT2D eigenvalue weighted by Gasteiger charge is -2.32. The number of piperidine rings is 1. The van der Waals surface area contributed by atoms with Crippen LogP contribution in [0.2, 0.25) is 0 Å². The Hall–Kier alpha value is -2.82. The number of anilines is 3. The van der Waals surface area contributed by atoms with E-state index in [4.69, 9.17) is 0 Å². The number of rotatable bonds is 5. The van der Waals surface area contributed by atoms with Crippen molar-refractivity contribution in [2.24, 2.45) is 5.92 Å². The van der Waals surface area contributed by atoms with E-state index in [1.807, 2.05) is 43.3 Å². The SMILES string of the molecule is CC(=O)N(CC(=O)Nc1ccc(N2CCC(C)CC2)cc1)c1cccc(C)c1. The summed E-state index contributed by atoms with van der Waals surface area (Å²) in [4.78, 5) is 28.4. The minimum atomic E-state index is -0.212. The highest BCUT2D eigenvalue weighted by atomic mass is 16.2.